The lowest BCUT2D eigenvalue weighted by Gasteiger charge is -2.11. The van der Waals surface area contributed by atoms with Crippen LogP contribution in [0.4, 0.5) is 0 Å². The number of hydrogen-bond donors (Lipinski definition) is 1. The summed E-state index contributed by atoms with van der Waals surface area (Å²) in [5, 5.41) is 0. The molecule has 0 radical (unpaired) electrons. The standard InChI is InChI=1S/C16H22N2O2/c1-19-15-7-2-8-16(13-15)20-12-11-18-10-4-6-14(18)5-3-9-17/h2,4,6-8,10,13H,3,5,9,11-12,17H2,1H3. The number of nitrogens with zero attached hydrogens (tertiary/aromatic N) is 1. The minimum atomic E-state index is 0.636. The van der Waals surface area contributed by atoms with Crippen LogP contribution in [0.5, 0.6) is 11.5 Å². The van der Waals surface area contributed by atoms with E-state index in [1.807, 2.05) is 24.3 Å². The second kappa shape index (κ2) is 7.60. The summed E-state index contributed by atoms with van der Waals surface area (Å²) in [6, 6.07) is 11.9. The van der Waals surface area contributed by atoms with Gasteiger partial charge in [0.25, 0.3) is 0 Å². The summed E-state index contributed by atoms with van der Waals surface area (Å²) in [5.74, 6) is 1.65. The molecule has 108 valence electrons. The van der Waals surface area contributed by atoms with Crippen LogP contribution in [0.3, 0.4) is 0 Å². The van der Waals surface area contributed by atoms with Gasteiger partial charge in [-0.3, -0.25) is 0 Å². The molecular weight excluding hydrogens is 252 g/mol. The Morgan fingerprint density at radius 2 is 2.00 bits per heavy atom. The average Bonchev–Trinajstić information content (AvgIpc) is 2.93. The highest BCUT2D eigenvalue weighted by Crippen LogP contribution is 2.18. The number of aromatic nitrogens is 1. The third-order valence-corrected chi connectivity index (χ3v) is 3.20. The van der Waals surface area contributed by atoms with Crippen molar-refractivity contribution in [2.45, 2.75) is 19.4 Å². The number of aryl methyl sites for hydroxylation is 1. The molecule has 2 rings (SSSR count). The second-order valence-electron chi connectivity index (χ2n) is 4.61. The van der Waals surface area contributed by atoms with Crippen molar-refractivity contribution in [1.82, 2.24) is 4.57 Å². The first kappa shape index (κ1) is 14.5. The molecule has 0 fully saturated rings. The topological polar surface area (TPSA) is 49.4 Å². The number of methoxy groups -OCH3 is 1. The minimum absolute atomic E-state index is 0.636. The zero-order valence-electron chi connectivity index (χ0n) is 11.9. The number of nitrogens with two attached hydrogens (primary N) is 1. The van der Waals surface area contributed by atoms with Crippen LogP contribution >= 0.6 is 0 Å². The molecule has 0 aliphatic rings. The van der Waals surface area contributed by atoms with Crippen molar-refractivity contribution >= 4 is 0 Å². The van der Waals surface area contributed by atoms with E-state index in [0.29, 0.717) is 6.61 Å². The van der Waals surface area contributed by atoms with Crippen LogP contribution < -0.4 is 15.2 Å². The Morgan fingerprint density at radius 3 is 2.80 bits per heavy atom. The van der Waals surface area contributed by atoms with E-state index in [1.165, 1.54) is 5.69 Å². The molecule has 0 atom stereocenters. The van der Waals surface area contributed by atoms with Crippen molar-refractivity contribution < 1.29 is 9.47 Å². The lowest BCUT2D eigenvalue weighted by Crippen LogP contribution is -2.11. The fraction of sp³-hybridized carbons (Fsp3) is 0.375. The van der Waals surface area contributed by atoms with Gasteiger partial charge in [0.05, 0.1) is 13.7 Å². The first-order valence-corrected chi connectivity index (χ1v) is 6.94. The first-order chi connectivity index (χ1) is 9.83. The molecule has 0 aliphatic carbocycles. The predicted molar refractivity (Wildman–Crippen MR) is 80.3 cm³/mol. The van der Waals surface area contributed by atoms with Crippen LogP contribution in [0.1, 0.15) is 12.1 Å². The molecular formula is C16H22N2O2. The molecule has 0 spiro atoms. The summed E-state index contributed by atoms with van der Waals surface area (Å²) >= 11 is 0. The zero-order chi connectivity index (χ0) is 14.2. The van der Waals surface area contributed by atoms with E-state index in [2.05, 4.69) is 22.9 Å². The average molecular weight is 274 g/mol. The molecule has 0 bridgehead atoms. The number of rotatable bonds is 8. The van der Waals surface area contributed by atoms with E-state index in [4.69, 9.17) is 15.2 Å². The Labute approximate surface area is 120 Å². The normalized spacial score (nSPS) is 10.5. The fourth-order valence-corrected chi connectivity index (χ4v) is 2.13. The summed E-state index contributed by atoms with van der Waals surface area (Å²) < 4.78 is 13.1. The van der Waals surface area contributed by atoms with Gasteiger partial charge < -0.3 is 19.8 Å². The molecule has 4 heteroatoms. The van der Waals surface area contributed by atoms with Crippen LogP contribution in [-0.2, 0) is 13.0 Å². The fourth-order valence-electron chi connectivity index (χ4n) is 2.13. The van der Waals surface area contributed by atoms with Crippen LogP contribution in [0, 0.1) is 0 Å². The van der Waals surface area contributed by atoms with Crippen molar-refractivity contribution in [3.63, 3.8) is 0 Å². The quantitative estimate of drug-likeness (QED) is 0.804. The van der Waals surface area contributed by atoms with Gasteiger partial charge in [-0.05, 0) is 43.7 Å². The van der Waals surface area contributed by atoms with Crippen molar-refractivity contribution in [2.24, 2.45) is 5.73 Å². The van der Waals surface area contributed by atoms with E-state index in [-0.39, 0.29) is 0 Å². The number of ether oxygens (including phenoxy) is 2. The second-order valence-corrected chi connectivity index (χ2v) is 4.61. The van der Waals surface area contributed by atoms with Gasteiger partial charge in [0.1, 0.15) is 18.1 Å². The van der Waals surface area contributed by atoms with Crippen LogP contribution in [-0.4, -0.2) is 24.8 Å². The molecule has 1 heterocycles. The molecule has 20 heavy (non-hydrogen) atoms. The summed E-state index contributed by atoms with van der Waals surface area (Å²) in [6.45, 7) is 2.20. The lowest BCUT2D eigenvalue weighted by atomic mass is 10.2. The Kier molecular flexibility index (Phi) is 5.50. The minimum Gasteiger partial charge on any atom is -0.497 e. The van der Waals surface area contributed by atoms with Crippen LogP contribution in [0.25, 0.3) is 0 Å². The molecule has 4 nitrogen and oxygen atoms in total. The Hall–Kier alpha value is -1.94. The highest BCUT2D eigenvalue weighted by molar-refractivity contribution is 5.32. The lowest BCUT2D eigenvalue weighted by molar-refractivity contribution is 0.294. The molecule has 0 saturated carbocycles. The molecule has 0 unspecified atom stereocenters. The Bertz CT molecular complexity index is 523. The van der Waals surface area contributed by atoms with Gasteiger partial charge >= 0.3 is 0 Å². The highest BCUT2D eigenvalue weighted by atomic mass is 16.5. The third-order valence-electron chi connectivity index (χ3n) is 3.20. The maximum Gasteiger partial charge on any atom is 0.123 e. The van der Waals surface area contributed by atoms with Crippen molar-refractivity contribution in [2.75, 3.05) is 20.3 Å². The first-order valence-electron chi connectivity index (χ1n) is 6.94. The van der Waals surface area contributed by atoms with Gasteiger partial charge in [-0.1, -0.05) is 6.07 Å². The molecule has 2 N–H and O–H groups in total. The van der Waals surface area contributed by atoms with Gasteiger partial charge in [0.2, 0.25) is 0 Å². The van der Waals surface area contributed by atoms with Crippen LogP contribution in [0.2, 0.25) is 0 Å². The SMILES string of the molecule is COc1cccc(OCCn2cccc2CCCN)c1. The van der Waals surface area contributed by atoms with E-state index < -0.39 is 0 Å². The molecule has 0 saturated heterocycles. The summed E-state index contributed by atoms with van der Waals surface area (Å²) in [6.07, 6.45) is 4.12. The molecule has 1 aromatic heterocycles. The van der Waals surface area contributed by atoms with Gasteiger partial charge in [-0.2, -0.15) is 0 Å². The maximum absolute atomic E-state index is 5.76. The molecule has 2 aromatic rings. The maximum atomic E-state index is 5.76. The van der Waals surface area contributed by atoms with Gasteiger partial charge in [0, 0.05) is 18.0 Å². The number of benzene rings is 1. The van der Waals surface area contributed by atoms with Gasteiger partial charge in [-0.15, -0.1) is 0 Å². The van der Waals surface area contributed by atoms with E-state index >= 15 is 0 Å². The van der Waals surface area contributed by atoms with E-state index in [0.717, 1.165) is 37.4 Å². The Morgan fingerprint density at radius 1 is 1.15 bits per heavy atom. The summed E-state index contributed by atoms with van der Waals surface area (Å²) in [4.78, 5) is 0. The van der Waals surface area contributed by atoms with Crippen molar-refractivity contribution in [3.8, 4) is 11.5 Å². The molecule has 0 aliphatic heterocycles. The highest BCUT2D eigenvalue weighted by Gasteiger charge is 2.01. The summed E-state index contributed by atoms with van der Waals surface area (Å²) in [5.41, 5.74) is 6.86. The third kappa shape index (κ3) is 4.03. The van der Waals surface area contributed by atoms with E-state index in [9.17, 15) is 0 Å². The smallest absolute Gasteiger partial charge is 0.123 e. The largest absolute Gasteiger partial charge is 0.497 e. The van der Waals surface area contributed by atoms with E-state index in [1.54, 1.807) is 7.11 Å². The van der Waals surface area contributed by atoms with Gasteiger partial charge in [0.15, 0.2) is 0 Å². The number of hydrogen-bond acceptors (Lipinski definition) is 3. The van der Waals surface area contributed by atoms with Crippen LogP contribution in [0.15, 0.2) is 42.6 Å². The van der Waals surface area contributed by atoms with Crippen molar-refractivity contribution in [3.05, 3.63) is 48.3 Å². The Balaban J connectivity index is 1.84. The molecule has 1 aromatic carbocycles. The van der Waals surface area contributed by atoms with Crippen molar-refractivity contribution in [1.29, 1.82) is 0 Å². The van der Waals surface area contributed by atoms with Gasteiger partial charge in [-0.25, -0.2) is 0 Å². The monoisotopic (exact) mass is 274 g/mol. The zero-order valence-corrected chi connectivity index (χ0v) is 11.9. The summed E-state index contributed by atoms with van der Waals surface area (Å²) in [7, 11) is 1.66. The predicted octanol–water partition coefficient (Wildman–Crippen LogP) is 2.47. The molecule has 0 amide bonds.